The predicted octanol–water partition coefficient (Wildman–Crippen LogP) is 2.48. The van der Waals surface area contributed by atoms with Gasteiger partial charge < -0.3 is 10.6 Å². The maximum absolute atomic E-state index is 12.1. The lowest BCUT2D eigenvalue weighted by atomic mass is 10.0. The van der Waals surface area contributed by atoms with Gasteiger partial charge in [-0.3, -0.25) is 9.59 Å². The van der Waals surface area contributed by atoms with E-state index in [4.69, 9.17) is 0 Å². The first-order chi connectivity index (χ1) is 8.73. The van der Waals surface area contributed by atoms with Crippen LogP contribution in [0.3, 0.4) is 0 Å². The molecule has 0 aromatic rings. The van der Waals surface area contributed by atoms with Crippen LogP contribution in [0.15, 0.2) is 0 Å². The van der Waals surface area contributed by atoms with E-state index in [9.17, 15) is 9.59 Å². The summed E-state index contributed by atoms with van der Waals surface area (Å²) in [7, 11) is 0. The average molecular weight is 270 g/mol. The number of hydrogen-bond donors (Lipinski definition) is 2. The van der Waals surface area contributed by atoms with Gasteiger partial charge >= 0.3 is 0 Å². The molecule has 0 aliphatic heterocycles. The maximum Gasteiger partial charge on any atom is 0.243 e. The van der Waals surface area contributed by atoms with Crippen LogP contribution in [0.1, 0.15) is 60.8 Å². The van der Waals surface area contributed by atoms with Crippen LogP contribution in [0.5, 0.6) is 0 Å². The first kappa shape index (κ1) is 17.9. The number of rotatable bonds is 8. The molecule has 19 heavy (non-hydrogen) atoms. The summed E-state index contributed by atoms with van der Waals surface area (Å²) in [6.45, 7) is 11.7. The van der Waals surface area contributed by atoms with Crippen molar-refractivity contribution in [3.05, 3.63) is 0 Å². The second-order valence-corrected chi connectivity index (χ2v) is 6.16. The molecule has 0 aromatic heterocycles. The first-order valence-corrected chi connectivity index (χ1v) is 7.31. The number of amides is 2. The largest absolute Gasteiger partial charge is 0.352 e. The summed E-state index contributed by atoms with van der Waals surface area (Å²) in [5.74, 6) is 0.543. The van der Waals surface area contributed by atoms with Gasteiger partial charge in [-0.2, -0.15) is 0 Å². The smallest absolute Gasteiger partial charge is 0.243 e. The van der Waals surface area contributed by atoms with E-state index in [-0.39, 0.29) is 23.8 Å². The van der Waals surface area contributed by atoms with Crippen molar-refractivity contribution >= 4 is 11.8 Å². The highest BCUT2D eigenvalue weighted by atomic mass is 16.2. The van der Waals surface area contributed by atoms with E-state index in [0.29, 0.717) is 5.92 Å². The van der Waals surface area contributed by atoms with Crippen LogP contribution in [0.2, 0.25) is 0 Å². The van der Waals surface area contributed by atoms with Gasteiger partial charge in [0.05, 0.1) is 0 Å². The molecule has 2 N–H and O–H groups in total. The highest BCUT2D eigenvalue weighted by Crippen LogP contribution is 2.09. The van der Waals surface area contributed by atoms with E-state index in [1.807, 2.05) is 20.8 Å². The molecule has 0 fully saturated rings. The molecule has 0 saturated heterocycles. The monoisotopic (exact) mass is 270 g/mol. The first-order valence-electron chi connectivity index (χ1n) is 7.31. The van der Waals surface area contributed by atoms with Crippen molar-refractivity contribution in [1.82, 2.24) is 10.6 Å². The van der Waals surface area contributed by atoms with Crippen LogP contribution < -0.4 is 10.6 Å². The number of hydrogen-bond acceptors (Lipinski definition) is 2. The fraction of sp³-hybridized carbons (Fsp3) is 0.867. The molecule has 0 radical (unpaired) electrons. The van der Waals surface area contributed by atoms with Crippen molar-refractivity contribution in [2.24, 2.45) is 11.8 Å². The van der Waals surface area contributed by atoms with Gasteiger partial charge in [0.15, 0.2) is 0 Å². The van der Waals surface area contributed by atoms with E-state index < -0.39 is 6.04 Å². The Labute approximate surface area is 117 Å². The number of carbonyl (C=O) groups is 2. The molecule has 112 valence electrons. The Morgan fingerprint density at radius 1 is 0.947 bits per heavy atom. The quantitative estimate of drug-likeness (QED) is 0.712. The van der Waals surface area contributed by atoms with Crippen LogP contribution in [-0.4, -0.2) is 23.9 Å². The van der Waals surface area contributed by atoms with Gasteiger partial charge in [0.2, 0.25) is 11.8 Å². The minimum atomic E-state index is -0.440. The SMILES string of the molecule is CC(=O)NC(C(=O)NC(C)CCCC(C)C)C(C)C. The molecule has 0 aliphatic rings. The zero-order valence-corrected chi connectivity index (χ0v) is 13.2. The minimum absolute atomic E-state index is 0.0813. The normalized spacial score (nSPS) is 14.3. The predicted molar refractivity (Wildman–Crippen MR) is 78.7 cm³/mol. The van der Waals surface area contributed by atoms with Crippen molar-refractivity contribution in [3.8, 4) is 0 Å². The molecule has 4 nitrogen and oxygen atoms in total. The zero-order chi connectivity index (χ0) is 15.0. The molecule has 2 atom stereocenters. The topological polar surface area (TPSA) is 58.2 Å². The van der Waals surface area contributed by atoms with Crippen molar-refractivity contribution in [3.63, 3.8) is 0 Å². The van der Waals surface area contributed by atoms with E-state index in [1.54, 1.807) is 0 Å². The molecule has 0 aromatic carbocycles. The number of carbonyl (C=O) groups excluding carboxylic acids is 2. The van der Waals surface area contributed by atoms with Gasteiger partial charge in [0.1, 0.15) is 6.04 Å². The van der Waals surface area contributed by atoms with E-state index in [1.165, 1.54) is 13.3 Å². The van der Waals surface area contributed by atoms with Gasteiger partial charge in [-0.05, 0) is 25.2 Å². The molecule has 2 amide bonds. The van der Waals surface area contributed by atoms with E-state index >= 15 is 0 Å². The van der Waals surface area contributed by atoms with Crippen molar-refractivity contribution in [1.29, 1.82) is 0 Å². The maximum atomic E-state index is 12.1. The summed E-state index contributed by atoms with van der Waals surface area (Å²) in [5, 5.41) is 5.69. The zero-order valence-electron chi connectivity index (χ0n) is 13.2. The molecule has 0 heterocycles. The molecular weight excluding hydrogens is 240 g/mol. The van der Waals surface area contributed by atoms with Crippen LogP contribution in [0.25, 0.3) is 0 Å². The molecule has 4 heteroatoms. The summed E-state index contributed by atoms with van der Waals surface area (Å²) >= 11 is 0. The van der Waals surface area contributed by atoms with Crippen molar-refractivity contribution in [2.45, 2.75) is 72.9 Å². The summed E-state index contributed by atoms with van der Waals surface area (Å²) in [6, 6.07) is -0.286. The van der Waals surface area contributed by atoms with Gasteiger partial charge in [0.25, 0.3) is 0 Å². The molecule has 2 unspecified atom stereocenters. The molecule has 0 rings (SSSR count). The third-order valence-electron chi connectivity index (χ3n) is 3.12. The lowest BCUT2D eigenvalue weighted by Gasteiger charge is -2.23. The van der Waals surface area contributed by atoms with Crippen molar-refractivity contribution < 1.29 is 9.59 Å². The third kappa shape index (κ3) is 8.62. The van der Waals surface area contributed by atoms with Crippen molar-refractivity contribution in [2.75, 3.05) is 0 Å². The fourth-order valence-corrected chi connectivity index (χ4v) is 1.99. The summed E-state index contributed by atoms with van der Waals surface area (Å²) in [5.41, 5.74) is 0. The Balaban J connectivity index is 4.19. The highest BCUT2D eigenvalue weighted by molar-refractivity contribution is 5.87. The van der Waals surface area contributed by atoms with E-state index in [2.05, 4.69) is 24.5 Å². The standard InChI is InChI=1S/C15H30N2O2/c1-10(2)8-7-9-12(5)16-15(19)14(11(3)4)17-13(6)18/h10-12,14H,7-9H2,1-6H3,(H,16,19)(H,17,18). The Morgan fingerprint density at radius 2 is 1.53 bits per heavy atom. The van der Waals surface area contributed by atoms with Gasteiger partial charge in [-0.25, -0.2) is 0 Å². The van der Waals surface area contributed by atoms with Gasteiger partial charge in [0, 0.05) is 13.0 Å². The lowest BCUT2D eigenvalue weighted by molar-refractivity contribution is -0.129. The second-order valence-electron chi connectivity index (χ2n) is 6.16. The van der Waals surface area contributed by atoms with Gasteiger partial charge in [-0.15, -0.1) is 0 Å². The average Bonchev–Trinajstić information content (AvgIpc) is 2.24. The summed E-state index contributed by atoms with van der Waals surface area (Å²) in [4.78, 5) is 23.2. The fourth-order valence-electron chi connectivity index (χ4n) is 1.99. The molecular formula is C15H30N2O2. The Hall–Kier alpha value is -1.06. The van der Waals surface area contributed by atoms with E-state index in [0.717, 1.165) is 12.8 Å². The second kappa shape index (κ2) is 8.94. The molecule has 0 bridgehead atoms. The third-order valence-corrected chi connectivity index (χ3v) is 3.12. The highest BCUT2D eigenvalue weighted by Gasteiger charge is 2.23. The Morgan fingerprint density at radius 3 is 1.95 bits per heavy atom. The Kier molecular flexibility index (Phi) is 8.44. The van der Waals surface area contributed by atoms with Crippen LogP contribution >= 0.6 is 0 Å². The Bertz CT molecular complexity index is 288. The minimum Gasteiger partial charge on any atom is -0.352 e. The summed E-state index contributed by atoms with van der Waals surface area (Å²) in [6.07, 6.45) is 3.28. The van der Waals surface area contributed by atoms with Crippen LogP contribution in [0.4, 0.5) is 0 Å². The lowest BCUT2D eigenvalue weighted by Crippen LogP contribution is -2.51. The van der Waals surface area contributed by atoms with Crippen LogP contribution in [0, 0.1) is 11.8 Å². The molecule has 0 aliphatic carbocycles. The molecule has 0 spiro atoms. The van der Waals surface area contributed by atoms with Crippen LogP contribution in [-0.2, 0) is 9.59 Å². The number of nitrogens with one attached hydrogen (secondary N) is 2. The summed E-state index contributed by atoms with van der Waals surface area (Å²) < 4.78 is 0. The van der Waals surface area contributed by atoms with Gasteiger partial charge in [-0.1, -0.05) is 40.5 Å². The molecule has 0 saturated carbocycles.